The molecule has 3 heterocycles. The number of methoxy groups -OCH3 is 1. The quantitative estimate of drug-likeness (QED) is 0.722. The Morgan fingerprint density at radius 3 is 2.75 bits per heavy atom. The fourth-order valence-corrected chi connectivity index (χ4v) is 4.33. The van der Waals surface area contributed by atoms with E-state index in [1.54, 1.807) is 7.11 Å². The molecule has 28 heavy (non-hydrogen) atoms. The average molecular weight is 387 g/mol. The molecule has 4 rings (SSSR count). The SMILES string of the molecule is CC[C@@H](c1nnnn1C[C@@H]1CCCO1)N1CCN(c2ccccc2OC)CC1. The number of hydrogen-bond acceptors (Lipinski definition) is 7. The van der Waals surface area contributed by atoms with Crippen LogP contribution in [0, 0.1) is 0 Å². The average Bonchev–Trinajstić information content (AvgIpc) is 3.42. The van der Waals surface area contributed by atoms with Crippen LogP contribution in [0.3, 0.4) is 0 Å². The van der Waals surface area contributed by atoms with Crippen molar-refractivity contribution in [3.63, 3.8) is 0 Å². The standard InChI is InChI=1S/C20H30N6O2/c1-3-17(20-21-22-23-26(20)15-16-7-6-14-28-16)24-10-12-25(13-11-24)18-8-4-5-9-19(18)27-2/h4-5,8-9,16-17H,3,6-7,10-15H2,1-2H3/t16-,17-/m0/s1. The Hall–Kier alpha value is -2.19. The molecule has 2 aliphatic rings. The normalized spacial score (nSPS) is 21.8. The van der Waals surface area contributed by atoms with Gasteiger partial charge >= 0.3 is 0 Å². The van der Waals surface area contributed by atoms with E-state index in [9.17, 15) is 0 Å². The predicted octanol–water partition coefficient (Wildman–Crippen LogP) is 2.13. The molecule has 0 saturated carbocycles. The van der Waals surface area contributed by atoms with E-state index in [2.05, 4.69) is 44.4 Å². The molecule has 0 N–H and O–H groups in total. The van der Waals surface area contributed by atoms with E-state index >= 15 is 0 Å². The lowest BCUT2D eigenvalue weighted by molar-refractivity contribution is 0.0894. The Balaban J connectivity index is 1.42. The van der Waals surface area contributed by atoms with E-state index in [1.807, 2.05) is 16.8 Å². The molecular formula is C20H30N6O2. The van der Waals surface area contributed by atoms with Gasteiger partial charge in [-0.2, -0.15) is 0 Å². The van der Waals surface area contributed by atoms with E-state index in [4.69, 9.17) is 9.47 Å². The van der Waals surface area contributed by atoms with E-state index in [0.717, 1.165) is 70.2 Å². The predicted molar refractivity (Wildman–Crippen MR) is 107 cm³/mol. The van der Waals surface area contributed by atoms with Crippen LogP contribution in [0.2, 0.25) is 0 Å². The molecule has 0 spiro atoms. The van der Waals surface area contributed by atoms with Crippen LogP contribution in [0.1, 0.15) is 38.1 Å². The van der Waals surface area contributed by atoms with E-state index in [0.29, 0.717) is 0 Å². The van der Waals surface area contributed by atoms with Crippen LogP contribution in [-0.2, 0) is 11.3 Å². The molecule has 152 valence electrons. The molecule has 0 amide bonds. The first-order valence-corrected chi connectivity index (χ1v) is 10.3. The van der Waals surface area contributed by atoms with Gasteiger partial charge in [0.1, 0.15) is 5.75 Å². The van der Waals surface area contributed by atoms with Crippen molar-refractivity contribution in [2.75, 3.05) is 44.8 Å². The monoisotopic (exact) mass is 386 g/mol. The van der Waals surface area contributed by atoms with E-state index in [1.165, 1.54) is 5.69 Å². The number of anilines is 1. The molecule has 1 aromatic heterocycles. The van der Waals surface area contributed by atoms with Gasteiger partial charge in [-0.15, -0.1) is 5.10 Å². The molecule has 0 aliphatic carbocycles. The Kier molecular flexibility index (Phi) is 6.07. The third kappa shape index (κ3) is 3.98. The Bertz CT molecular complexity index is 753. The lowest BCUT2D eigenvalue weighted by Crippen LogP contribution is -2.48. The zero-order valence-corrected chi connectivity index (χ0v) is 16.8. The number of para-hydroxylation sites is 2. The maximum atomic E-state index is 5.78. The second kappa shape index (κ2) is 8.87. The fraction of sp³-hybridized carbons (Fsp3) is 0.650. The molecule has 0 bridgehead atoms. The van der Waals surface area contributed by atoms with Crippen LogP contribution in [0.25, 0.3) is 0 Å². The highest BCUT2D eigenvalue weighted by Crippen LogP contribution is 2.30. The van der Waals surface area contributed by atoms with Crippen LogP contribution < -0.4 is 9.64 Å². The topological polar surface area (TPSA) is 68.5 Å². The van der Waals surface area contributed by atoms with Gasteiger partial charge in [0.05, 0.1) is 31.5 Å². The van der Waals surface area contributed by atoms with Crippen LogP contribution in [-0.4, -0.2) is 71.1 Å². The van der Waals surface area contributed by atoms with Gasteiger partial charge in [-0.25, -0.2) is 4.68 Å². The molecule has 8 heteroatoms. The Morgan fingerprint density at radius 1 is 1.21 bits per heavy atom. The van der Waals surface area contributed by atoms with Crippen LogP contribution in [0.4, 0.5) is 5.69 Å². The Morgan fingerprint density at radius 2 is 2.04 bits per heavy atom. The molecule has 1 aromatic carbocycles. The molecule has 2 aromatic rings. The van der Waals surface area contributed by atoms with Gasteiger partial charge in [0.25, 0.3) is 0 Å². The van der Waals surface area contributed by atoms with Crippen molar-refractivity contribution >= 4 is 5.69 Å². The van der Waals surface area contributed by atoms with Crippen LogP contribution in [0.15, 0.2) is 24.3 Å². The van der Waals surface area contributed by atoms with Crippen molar-refractivity contribution in [2.45, 2.75) is 44.9 Å². The molecule has 2 fully saturated rings. The molecule has 2 atom stereocenters. The van der Waals surface area contributed by atoms with Crippen molar-refractivity contribution in [1.82, 2.24) is 25.1 Å². The van der Waals surface area contributed by atoms with Crippen molar-refractivity contribution < 1.29 is 9.47 Å². The zero-order valence-electron chi connectivity index (χ0n) is 16.8. The minimum absolute atomic E-state index is 0.233. The third-order valence-corrected chi connectivity index (χ3v) is 5.83. The van der Waals surface area contributed by atoms with Crippen molar-refractivity contribution in [2.24, 2.45) is 0 Å². The zero-order chi connectivity index (χ0) is 19.3. The van der Waals surface area contributed by atoms with Crippen LogP contribution in [0.5, 0.6) is 5.75 Å². The summed E-state index contributed by atoms with van der Waals surface area (Å²) < 4.78 is 13.3. The minimum atomic E-state index is 0.233. The summed E-state index contributed by atoms with van der Waals surface area (Å²) in [4.78, 5) is 4.90. The molecule has 0 radical (unpaired) electrons. The molecule has 2 saturated heterocycles. The van der Waals surface area contributed by atoms with Gasteiger partial charge in [-0.3, -0.25) is 4.90 Å². The smallest absolute Gasteiger partial charge is 0.168 e. The Labute approximate surface area is 166 Å². The fourth-order valence-electron chi connectivity index (χ4n) is 4.33. The lowest BCUT2D eigenvalue weighted by Gasteiger charge is -2.39. The molecular weight excluding hydrogens is 356 g/mol. The van der Waals surface area contributed by atoms with Gasteiger partial charge in [-0.1, -0.05) is 19.1 Å². The number of ether oxygens (including phenoxy) is 2. The summed E-state index contributed by atoms with van der Waals surface area (Å²) in [5.74, 6) is 1.90. The molecule has 2 aliphatic heterocycles. The lowest BCUT2D eigenvalue weighted by atomic mass is 10.1. The van der Waals surface area contributed by atoms with Crippen LogP contribution >= 0.6 is 0 Å². The number of nitrogens with zero attached hydrogens (tertiary/aromatic N) is 6. The maximum Gasteiger partial charge on any atom is 0.168 e. The molecule has 0 unspecified atom stereocenters. The summed E-state index contributed by atoms with van der Waals surface area (Å²) in [5.41, 5.74) is 1.17. The summed E-state index contributed by atoms with van der Waals surface area (Å²) in [7, 11) is 1.73. The largest absolute Gasteiger partial charge is 0.495 e. The van der Waals surface area contributed by atoms with Gasteiger partial charge in [0.15, 0.2) is 5.82 Å². The van der Waals surface area contributed by atoms with Crippen molar-refractivity contribution in [3.8, 4) is 5.75 Å². The van der Waals surface area contributed by atoms with Gasteiger partial charge in [-0.05, 0) is 41.8 Å². The number of hydrogen-bond donors (Lipinski definition) is 0. The van der Waals surface area contributed by atoms with Gasteiger partial charge in [0, 0.05) is 32.8 Å². The summed E-state index contributed by atoms with van der Waals surface area (Å²) in [5, 5.41) is 12.6. The summed E-state index contributed by atoms with van der Waals surface area (Å²) >= 11 is 0. The number of piperazine rings is 1. The van der Waals surface area contributed by atoms with Gasteiger partial charge in [0.2, 0.25) is 0 Å². The highest BCUT2D eigenvalue weighted by atomic mass is 16.5. The van der Waals surface area contributed by atoms with E-state index in [-0.39, 0.29) is 12.1 Å². The number of tetrazole rings is 1. The summed E-state index contributed by atoms with van der Waals surface area (Å²) in [6, 6.07) is 8.47. The highest BCUT2D eigenvalue weighted by Gasteiger charge is 2.29. The molecule has 8 nitrogen and oxygen atoms in total. The van der Waals surface area contributed by atoms with Crippen molar-refractivity contribution in [1.29, 1.82) is 0 Å². The second-order valence-corrected chi connectivity index (χ2v) is 7.47. The number of benzene rings is 1. The third-order valence-electron chi connectivity index (χ3n) is 5.83. The first kappa shape index (κ1) is 19.1. The maximum absolute atomic E-state index is 5.78. The first-order chi connectivity index (χ1) is 13.8. The van der Waals surface area contributed by atoms with Crippen molar-refractivity contribution in [3.05, 3.63) is 30.1 Å². The van der Waals surface area contributed by atoms with Gasteiger partial charge < -0.3 is 14.4 Å². The second-order valence-electron chi connectivity index (χ2n) is 7.47. The summed E-state index contributed by atoms with van der Waals surface area (Å²) in [6.07, 6.45) is 3.44. The first-order valence-electron chi connectivity index (χ1n) is 10.3. The minimum Gasteiger partial charge on any atom is -0.495 e. The number of aromatic nitrogens is 4. The number of rotatable bonds is 7. The highest BCUT2D eigenvalue weighted by molar-refractivity contribution is 5.58. The summed E-state index contributed by atoms with van der Waals surface area (Å²) in [6.45, 7) is 7.69. The van der Waals surface area contributed by atoms with E-state index < -0.39 is 0 Å².